The van der Waals surface area contributed by atoms with E-state index >= 15 is 0 Å². The van der Waals surface area contributed by atoms with E-state index in [4.69, 9.17) is 0 Å². The number of nitrogens with one attached hydrogen (secondary N) is 2. The maximum Gasteiger partial charge on any atom is 0.416 e. The van der Waals surface area contributed by atoms with Crippen LogP contribution in [0.5, 0.6) is 0 Å². The van der Waals surface area contributed by atoms with Gasteiger partial charge in [0.25, 0.3) is 0 Å². The van der Waals surface area contributed by atoms with Gasteiger partial charge in [-0.25, -0.2) is 0 Å². The fourth-order valence-electron chi connectivity index (χ4n) is 3.63. The molecule has 0 saturated heterocycles. The Balaban J connectivity index is 1.85. The average Bonchev–Trinajstić information content (AvgIpc) is 2.66. The number of rotatable bonds is 5. The molecular formula is C22H25F3N2O. The van der Waals surface area contributed by atoms with E-state index in [0.29, 0.717) is 0 Å². The number of carbonyl (C=O) groups excluding carboxylic acids is 1. The van der Waals surface area contributed by atoms with Crippen molar-refractivity contribution < 1.29 is 18.0 Å². The molecule has 0 aromatic heterocycles. The van der Waals surface area contributed by atoms with Gasteiger partial charge < -0.3 is 10.6 Å². The summed E-state index contributed by atoms with van der Waals surface area (Å²) in [4.78, 5) is 13.0. The average molecular weight is 390 g/mol. The first-order valence-electron chi connectivity index (χ1n) is 9.64. The molecule has 0 bridgehead atoms. The third-order valence-electron chi connectivity index (χ3n) is 5.09. The van der Waals surface area contributed by atoms with Crippen molar-refractivity contribution >= 4 is 11.6 Å². The molecule has 1 aliphatic rings. The van der Waals surface area contributed by atoms with E-state index < -0.39 is 17.8 Å². The number of carbonyl (C=O) groups is 1. The molecule has 0 radical (unpaired) electrons. The molecule has 1 atom stereocenters. The summed E-state index contributed by atoms with van der Waals surface area (Å²) in [5.41, 5.74) is 1.23. The van der Waals surface area contributed by atoms with Gasteiger partial charge in [-0.3, -0.25) is 4.79 Å². The Morgan fingerprint density at radius 1 is 1.04 bits per heavy atom. The lowest BCUT2D eigenvalue weighted by Gasteiger charge is -2.27. The molecule has 1 aliphatic carbocycles. The lowest BCUT2D eigenvalue weighted by molar-refractivity contribution is -0.137. The van der Waals surface area contributed by atoms with Crippen LogP contribution < -0.4 is 10.6 Å². The molecule has 0 spiro atoms. The molecule has 28 heavy (non-hydrogen) atoms. The largest absolute Gasteiger partial charge is 0.416 e. The highest BCUT2D eigenvalue weighted by molar-refractivity contribution is 5.86. The van der Waals surface area contributed by atoms with Crippen LogP contribution in [0, 0.1) is 6.92 Å². The third kappa shape index (κ3) is 5.27. The highest BCUT2D eigenvalue weighted by Crippen LogP contribution is 2.32. The van der Waals surface area contributed by atoms with Crippen molar-refractivity contribution in [2.24, 2.45) is 0 Å². The van der Waals surface area contributed by atoms with Crippen LogP contribution in [0.1, 0.15) is 54.8 Å². The number of hydrogen-bond donors (Lipinski definition) is 2. The van der Waals surface area contributed by atoms with Crippen LogP contribution in [0.2, 0.25) is 0 Å². The van der Waals surface area contributed by atoms with Gasteiger partial charge in [0, 0.05) is 11.7 Å². The summed E-state index contributed by atoms with van der Waals surface area (Å²) in [6.45, 7) is 1.92. The van der Waals surface area contributed by atoms with E-state index in [0.717, 1.165) is 48.9 Å². The topological polar surface area (TPSA) is 41.1 Å². The van der Waals surface area contributed by atoms with Gasteiger partial charge in [0.2, 0.25) is 5.91 Å². The molecule has 1 fully saturated rings. The van der Waals surface area contributed by atoms with Crippen molar-refractivity contribution in [2.45, 2.75) is 57.3 Å². The van der Waals surface area contributed by atoms with Crippen LogP contribution >= 0.6 is 0 Å². The summed E-state index contributed by atoms with van der Waals surface area (Å²) in [5, 5.41) is 6.09. The van der Waals surface area contributed by atoms with Gasteiger partial charge in [-0.1, -0.05) is 55.2 Å². The minimum absolute atomic E-state index is 0.122. The van der Waals surface area contributed by atoms with Crippen molar-refractivity contribution in [3.05, 3.63) is 65.2 Å². The Morgan fingerprint density at radius 3 is 2.43 bits per heavy atom. The van der Waals surface area contributed by atoms with Crippen LogP contribution in [-0.2, 0) is 11.0 Å². The highest BCUT2D eigenvalue weighted by atomic mass is 19.4. The molecule has 2 aromatic carbocycles. The maximum atomic E-state index is 13.0. The smallest absolute Gasteiger partial charge is 0.370 e. The third-order valence-corrected chi connectivity index (χ3v) is 5.09. The van der Waals surface area contributed by atoms with Gasteiger partial charge >= 0.3 is 6.18 Å². The van der Waals surface area contributed by atoms with Crippen LogP contribution in [0.15, 0.2) is 48.5 Å². The standard InChI is InChI=1S/C22H25F3N2O/c1-15-7-5-8-16(13-15)20(21(28)27-18-10-3-2-4-11-18)26-19-12-6-9-17(14-19)22(23,24)25/h5-9,12-14,18,20,26H,2-4,10-11H2,1H3,(H,27,28). The van der Waals surface area contributed by atoms with Crippen molar-refractivity contribution in [3.8, 4) is 0 Å². The monoisotopic (exact) mass is 390 g/mol. The molecule has 2 aromatic rings. The van der Waals surface area contributed by atoms with E-state index in [1.807, 2.05) is 31.2 Å². The molecule has 0 aliphatic heterocycles. The fourth-order valence-corrected chi connectivity index (χ4v) is 3.63. The summed E-state index contributed by atoms with van der Waals surface area (Å²) in [6.07, 6.45) is 0.797. The maximum absolute atomic E-state index is 13.0. The van der Waals surface area contributed by atoms with Gasteiger partial charge in [0.05, 0.1) is 5.56 Å². The van der Waals surface area contributed by atoms with Crippen molar-refractivity contribution in [1.82, 2.24) is 5.32 Å². The van der Waals surface area contributed by atoms with Crippen LogP contribution in [0.4, 0.5) is 18.9 Å². The predicted octanol–water partition coefficient (Wildman–Crippen LogP) is 5.62. The number of aryl methyl sites for hydroxylation is 1. The number of benzene rings is 2. The van der Waals surface area contributed by atoms with Gasteiger partial charge in [0.1, 0.15) is 6.04 Å². The predicted molar refractivity (Wildman–Crippen MR) is 104 cm³/mol. The summed E-state index contributed by atoms with van der Waals surface area (Å²) >= 11 is 0. The van der Waals surface area contributed by atoms with Gasteiger partial charge in [-0.05, 0) is 43.5 Å². The number of anilines is 1. The molecule has 150 valence electrons. The second-order valence-corrected chi connectivity index (χ2v) is 7.41. The van der Waals surface area contributed by atoms with Crippen molar-refractivity contribution in [2.75, 3.05) is 5.32 Å². The Bertz CT molecular complexity index is 813. The summed E-state index contributed by atoms with van der Waals surface area (Å²) in [7, 11) is 0. The second kappa shape index (κ2) is 8.67. The Labute approximate surface area is 163 Å². The quantitative estimate of drug-likeness (QED) is 0.696. The van der Waals surface area contributed by atoms with Crippen LogP contribution in [0.25, 0.3) is 0 Å². The first-order valence-corrected chi connectivity index (χ1v) is 9.64. The molecule has 1 unspecified atom stereocenters. The van der Waals surface area contributed by atoms with E-state index in [9.17, 15) is 18.0 Å². The minimum Gasteiger partial charge on any atom is -0.370 e. The lowest BCUT2D eigenvalue weighted by atomic mass is 9.94. The minimum atomic E-state index is -4.43. The van der Waals surface area contributed by atoms with E-state index in [2.05, 4.69) is 10.6 Å². The summed E-state index contributed by atoms with van der Waals surface area (Å²) < 4.78 is 39.1. The van der Waals surface area contributed by atoms with Crippen LogP contribution in [0.3, 0.4) is 0 Å². The molecule has 0 heterocycles. The lowest BCUT2D eigenvalue weighted by Crippen LogP contribution is -2.41. The molecule has 2 N–H and O–H groups in total. The Morgan fingerprint density at radius 2 is 1.75 bits per heavy atom. The first-order chi connectivity index (χ1) is 13.3. The SMILES string of the molecule is Cc1cccc(C(Nc2cccc(C(F)(F)F)c2)C(=O)NC2CCCCC2)c1. The molecule has 1 saturated carbocycles. The van der Waals surface area contributed by atoms with Crippen molar-refractivity contribution in [3.63, 3.8) is 0 Å². The van der Waals surface area contributed by atoms with Crippen LogP contribution in [-0.4, -0.2) is 11.9 Å². The van der Waals surface area contributed by atoms with Gasteiger partial charge in [-0.15, -0.1) is 0 Å². The first kappa shape index (κ1) is 20.2. The zero-order chi connectivity index (χ0) is 20.1. The van der Waals surface area contributed by atoms with E-state index in [1.54, 1.807) is 6.07 Å². The number of alkyl halides is 3. The molecule has 3 rings (SSSR count). The summed E-state index contributed by atoms with van der Waals surface area (Å²) in [6, 6.07) is 11.8. The van der Waals surface area contributed by atoms with E-state index in [-0.39, 0.29) is 17.6 Å². The molecule has 6 heteroatoms. The van der Waals surface area contributed by atoms with Gasteiger partial charge in [0.15, 0.2) is 0 Å². The zero-order valence-electron chi connectivity index (χ0n) is 15.9. The Kier molecular flexibility index (Phi) is 6.27. The van der Waals surface area contributed by atoms with Crippen molar-refractivity contribution in [1.29, 1.82) is 0 Å². The Hall–Kier alpha value is -2.50. The fraction of sp³-hybridized carbons (Fsp3) is 0.409. The highest BCUT2D eigenvalue weighted by Gasteiger charge is 2.31. The normalized spacial score (nSPS) is 16.4. The molecular weight excluding hydrogens is 365 g/mol. The van der Waals surface area contributed by atoms with E-state index in [1.165, 1.54) is 12.5 Å². The van der Waals surface area contributed by atoms with Gasteiger partial charge in [-0.2, -0.15) is 13.2 Å². The zero-order valence-corrected chi connectivity index (χ0v) is 15.9. The summed E-state index contributed by atoms with van der Waals surface area (Å²) in [5.74, 6) is -0.213. The number of hydrogen-bond acceptors (Lipinski definition) is 2. The second-order valence-electron chi connectivity index (χ2n) is 7.41. The molecule has 3 nitrogen and oxygen atoms in total. The number of halogens is 3. The molecule has 1 amide bonds. The number of amides is 1.